The first-order valence-corrected chi connectivity index (χ1v) is 6.76. The molecule has 0 aliphatic carbocycles. The van der Waals surface area contributed by atoms with Gasteiger partial charge >= 0.3 is 0 Å². The van der Waals surface area contributed by atoms with Crippen LogP contribution >= 0.6 is 27.5 Å². The van der Waals surface area contributed by atoms with E-state index in [4.69, 9.17) is 11.6 Å². The smallest absolute Gasteiger partial charge is 0.294 e. The van der Waals surface area contributed by atoms with E-state index in [0.29, 0.717) is 0 Å². The molecular weight excluding hydrogens is 367 g/mol. The quantitative estimate of drug-likeness (QED) is 0.640. The lowest BCUT2D eigenvalue weighted by molar-refractivity contribution is -0.383. The van der Waals surface area contributed by atoms with Gasteiger partial charge in [0.2, 0.25) is 0 Å². The fourth-order valence-electron chi connectivity index (χ4n) is 1.59. The van der Waals surface area contributed by atoms with Crippen LogP contribution in [0.5, 0.6) is 0 Å². The molecule has 0 bridgehead atoms. The van der Waals surface area contributed by atoms with E-state index in [1.165, 1.54) is 24.3 Å². The van der Waals surface area contributed by atoms with E-state index in [9.17, 15) is 19.3 Å². The average Bonchev–Trinajstić information content (AvgIpc) is 2.43. The summed E-state index contributed by atoms with van der Waals surface area (Å²) in [5.74, 6) is -1.26. The fourth-order valence-corrected chi connectivity index (χ4v) is 2.01. The minimum Gasteiger partial charge on any atom is -0.316 e. The lowest BCUT2D eigenvalue weighted by Crippen LogP contribution is -2.13. The second kappa shape index (κ2) is 6.19. The van der Waals surface area contributed by atoms with Gasteiger partial charge in [0, 0.05) is 16.7 Å². The maximum atomic E-state index is 13.4. The fraction of sp³-hybridized carbons (Fsp3) is 0. The Bertz CT molecular complexity index is 739. The molecule has 1 amide bonds. The number of amides is 1. The molecule has 2 aromatic rings. The molecule has 5 nitrogen and oxygen atoms in total. The van der Waals surface area contributed by atoms with Crippen LogP contribution in [0, 0.1) is 15.9 Å². The number of carbonyl (C=O) groups is 1. The zero-order chi connectivity index (χ0) is 15.6. The first kappa shape index (κ1) is 15.4. The van der Waals surface area contributed by atoms with Crippen LogP contribution in [-0.4, -0.2) is 10.8 Å². The van der Waals surface area contributed by atoms with E-state index in [-0.39, 0.29) is 26.4 Å². The van der Waals surface area contributed by atoms with Gasteiger partial charge in [-0.05, 0) is 46.3 Å². The first-order chi connectivity index (χ1) is 9.88. The van der Waals surface area contributed by atoms with E-state index in [0.717, 1.165) is 12.1 Å². The SMILES string of the molecule is O=C(Nc1ccc(Cl)cc1[N+](=O)[O-])c1ccc(Br)c(F)c1. The van der Waals surface area contributed by atoms with Crippen LogP contribution in [0.1, 0.15) is 10.4 Å². The number of anilines is 1. The van der Waals surface area contributed by atoms with Crippen LogP contribution in [0.25, 0.3) is 0 Å². The second-order valence-corrected chi connectivity index (χ2v) is 5.29. The van der Waals surface area contributed by atoms with Gasteiger partial charge in [0.1, 0.15) is 11.5 Å². The van der Waals surface area contributed by atoms with E-state index in [2.05, 4.69) is 21.2 Å². The van der Waals surface area contributed by atoms with Crippen molar-refractivity contribution in [2.24, 2.45) is 0 Å². The van der Waals surface area contributed by atoms with Crippen molar-refractivity contribution >= 4 is 44.8 Å². The summed E-state index contributed by atoms with van der Waals surface area (Å²) >= 11 is 8.65. The van der Waals surface area contributed by atoms with Crippen molar-refractivity contribution in [3.63, 3.8) is 0 Å². The van der Waals surface area contributed by atoms with Crippen molar-refractivity contribution in [3.05, 3.63) is 67.4 Å². The third-order valence-electron chi connectivity index (χ3n) is 2.59. The predicted octanol–water partition coefficient (Wildman–Crippen LogP) is 4.40. The van der Waals surface area contributed by atoms with Gasteiger partial charge in [-0.1, -0.05) is 11.6 Å². The van der Waals surface area contributed by atoms with E-state index >= 15 is 0 Å². The van der Waals surface area contributed by atoms with E-state index in [1.54, 1.807) is 0 Å². The first-order valence-electron chi connectivity index (χ1n) is 5.59. The number of carbonyl (C=O) groups excluding carboxylic acids is 1. The Morgan fingerprint density at radius 2 is 2.00 bits per heavy atom. The largest absolute Gasteiger partial charge is 0.316 e. The molecule has 0 radical (unpaired) electrons. The summed E-state index contributed by atoms with van der Waals surface area (Å²) in [6.45, 7) is 0. The lowest BCUT2D eigenvalue weighted by atomic mass is 10.2. The molecule has 0 heterocycles. The number of nitrogens with zero attached hydrogens (tertiary/aromatic N) is 1. The Balaban J connectivity index is 2.31. The third-order valence-corrected chi connectivity index (χ3v) is 3.46. The Hall–Kier alpha value is -1.99. The van der Waals surface area contributed by atoms with Crippen molar-refractivity contribution in [2.75, 3.05) is 5.32 Å². The highest BCUT2D eigenvalue weighted by molar-refractivity contribution is 9.10. The van der Waals surface area contributed by atoms with E-state index < -0.39 is 16.6 Å². The number of nitro groups is 1. The average molecular weight is 374 g/mol. The third kappa shape index (κ3) is 3.56. The lowest BCUT2D eigenvalue weighted by Gasteiger charge is -2.07. The van der Waals surface area contributed by atoms with Gasteiger partial charge in [-0.25, -0.2) is 4.39 Å². The number of nitrogens with one attached hydrogen (secondary N) is 1. The van der Waals surface area contributed by atoms with Gasteiger partial charge in [-0.15, -0.1) is 0 Å². The number of hydrogen-bond donors (Lipinski definition) is 1. The zero-order valence-corrected chi connectivity index (χ0v) is 12.6. The molecule has 108 valence electrons. The summed E-state index contributed by atoms with van der Waals surface area (Å²) < 4.78 is 13.6. The van der Waals surface area contributed by atoms with Gasteiger partial charge < -0.3 is 5.32 Å². The minimum absolute atomic E-state index is 0.0160. The molecule has 0 fully saturated rings. The van der Waals surface area contributed by atoms with Crippen molar-refractivity contribution in [1.29, 1.82) is 0 Å². The Morgan fingerprint density at radius 1 is 1.29 bits per heavy atom. The number of benzene rings is 2. The number of nitro benzene ring substituents is 1. The van der Waals surface area contributed by atoms with Crippen LogP contribution in [-0.2, 0) is 0 Å². The molecule has 21 heavy (non-hydrogen) atoms. The molecule has 0 saturated heterocycles. The van der Waals surface area contributed by atoms with Gasteiger partial charge in [-0.3, -0.25) is 14.9 Å². The van der Waals surface area contributed by atoms with Crippen LogP contribution < -0.4 is 5.32 Å². The van der Waals surface area contributed by atoms with Crippen molar-refractivity contribution < 1.29 is 14.1 Å². The van der Waals surface area contributed by atoms with Crippen molar-refractivity contribution in [2.45, 2.75) is 0 Å². The molecule has 0 aliphatic rings. The summed E-state index contributed by atoms with van der Waals surface area (Å²) in [6.07, 6.45) is 0. The molecule has 8 heteroatoms. The summed E-state index contributed by atoms with van der Waals surface area (Å²) in [7, 11) is 0. The normalized spacial score (nSPS) is 10.2. The molecule has 0 aliphatic heterocycles. The number of hydrogen-bond acceptors (Lipinski definition) is 3. The van der Waals surface area contributed by atoms with Crippen LogP contribution in [0.3, 0.4) is 0 Å². The van der Waals surface area contributed by atoms with Gasteiger partial charge in [0.15, 0.2) is 0 Å². The highest BCUT2D eigenvalue weighted by Crippen LogP contribution is 2.28. The monoisotopic (exact) mass is 372 g/mol. The summed E-state index contributed by atoms with van der Waals surface area (Å²) in [5.41, 5.74) is -0.314. The Kier molecular flexibility index (Phi) is 4.54. The van der Waals surface area contributed by atoms with Gasteiger partial charge in [0.25, 0.3) is 11.6 Å². The maximum absolute atomic E-state index is 13.4. The number of halogens is 3. The number of rotatable bonds is 3. The van der Waals surface area contributed by atoms with Crippen molar-refractivity contribution in [3.8, 4) is 0 Å². The van der Waals surface area contributed by atoms with E-state index in [1.807, 2.05) is 0 Å². The summed E-state index contributed by atoms with van der Waals surface area (Å²) in [4.78, 5) is 22.2. The standard InChI is InChI=1S/C13H7BrClFN2O3/c14-9-3-1-7(5-10(9)16)13(19)17-11-4-2-8(15)6-12(11)18(20)21/h1-6H,(H,17,19). The molecule has 0 aromatic heterocycles. The van der Waals surface area contributed by atoms with Crippen LogP contribution in [0.4, 0.5) is 15.8 Å². The molecule has 0 saturated carbocycles. The summed E-state index contributed by atoms with van der Waals surface area (Å²) in [6, 6.07) is 7.64. The minimum atomic E-state index is -0.663. The zero-order valence-electron chi connectivity index (χ0n) is 10.3. The molecule has 0 atom stereocenters. The van der Waals surface area contributed by atoms with Gasteiger partial charge in [-0.2, -0.15) is 0 Å². The molecule has 0 spiro atoms. The topological polar surface area (TPSA) is 72.2 Å². The van der Waals surface area contributed by atoms with Crippen LogP contribution in [0.2, 0.25) is 5.02 Å². The molecule has 2 rings (SSSR count). The Labute approximate surface area is 132 Å². The molecule has 1 N–H and O–H groups in total. The van der Waals surface area contributed by atoms with Gasteiger partial charge in [0.05, 0.1) is 9.40 Å². The predicted molar refractivity (Wildman–Crippen MR) is 80.2 cm³/mol. The molecule has 2 aromatic carbocycles. The molecular formula is C13H7BrClFN2O3. The second-order valence-electron chi connectivity index (χ2n) is 4.00. The van der Waals surface area contributed by atoms with Crippen LogP contribution in [0.15, 0.2) is 40.9 Å². The maximum Gasteiger partial charge on any atom is 0.294 e. The molecule has 0 unspecified atom stereocenters. The van der Waals surface area contributed by atoms with Crippen molar-refractivity contribution in [1.82, 2.24) is 0 Å². The summed E-state index contributed by atoms with van der Waals surface area (Å²) in [5, 5.41) is 13.5. The Morgan fingerprint density at radius 3 is 2.62 bits per heavy atom. The highest BCUT2D eigenvalue weighted by atomic mass is 79.9. The highest BCUT2D eigenvalue weighted by Gasteiger charge is 2.17.